The summed E-state index contributed by atoms with van der Waals surface area (Å²) in [6.07, 6.45) is 4.15. The van der Waals surface area contributed by atoms with Crippen molar-refractivity contribution in [2.45, 2.75) is 6.92 Å². The Morgan fingerprint density at radius 1 is 1.62 bits per heavy atom. The van der Waals surface area contributed by atoms with Crippen LogP contribution in [0.2, 0.25) is 0 Å². The van der Waals surface area contributed by atoms with Gasteiger partial charge in [0.15, 0.2) is 0 Å². The fourth-order valence-corrected chi connectivity index (χ4v) is 1.24. The van der Waals surface area contributed by atoms with Gasteiger partial charge < -0.3 is 0 Å². The molecule has 0 aliphatic carbocycles. The Kier molecular flexibility index (Phi) is 1.86. The number of thiophene rings is 1. The Labute approximate surface area is 53.5 Å². The van der Waals surface area contributed by atoms with Gasteiger partial charge in [-0.15, -0.1) is 11.3 Å². The highest BCUT2D eigenvalue weighted by molar-refractivity contribution is 7.10. The van der Waals surface area contributed by atoms with Crippen LogP contribution in [0.25, 0.3) is 6.08 Å². The molecule has 1 aromatic rings. The van der Waals surface area contributed by atoms with Crippen LogP contribution in [-0.4, -0.2) is 0 Å². The predicted octanol–water partition coefficient (Wildman–Crippen LogP) is 2.78. The van der Waals surface area contributed by atoms with Gasteiger partial charge in [-0.25, -0.2) is 0 Å². The summed E-state index contributed by atoms with van der Waals surface area (Å²) >= 11 is 1.76. The molecule has 1 rings (SSSR count). The summed E-state index contributed by atoms with van der Waals surface area (Å²) < 4.78 is 0. The summed E-state index contributed by atoms with van der Waals surface area (Å²) in [4.78, 5) is 1.33. The van der Waals surface area contributed by atoms with Gasteiger partial charge in [-0.1, -0.05) is 12.1 Å². The van der Waals surface area contributed by atoms with Gasteiger partial charge in [0.25, 0.3) is 0 Å². The van der Waals surface area contributed by atoms with Crippen LogP contribution >= 0.6 is 11.3 Å². The second-order valence-corrected chi connectivity index (χ2v) is 2.49. The molecule has 42 valence electrons. The van der Waals surface area contributed by atoms with E-state index in [0.717, 1.165) is 0 Å². The average molecular weight is 124 g/mol. The van der Waals surface area contributed by atoms with E-state index in [4.69, 9.17) is 0 Å². The van der Waals surface area contributed by atoms with Crippen LogP contribution in [-0.2, 0) is 0 Å². The van der Waals surface area contributed by atoms with Gasteiger partial charge >= 0.3 is 0 Å². The lowest BCUT2D eigenvalue weighted by molar-refractivity contribution is 1.79. The Morgan fingerprint density at radius 2 is 2.50 bits per heavy atom. The number of hydrogen-bond acceptors (Lipinski definition) is 1. The van der Waals surface area contributed by atoms with Crippen molar-refractivity contribution >= 4 is 17.4 Å². The van der Waals surface area contributed by atoms with E-state index in [9.17, 15) is 0 Å². The zero-order valence-corrected chi connectivity index (χ0v) is 5.61. The third kappa shape index (κ3) is 1.20. The molecule has 0 spiro atoms. The van der Waals surface area contributed by atoms with E-state index in [1.807, 2.05) is 13.0 Å². The molecule has 0 unspecified atom stereocenters. The molecule has 1 heteroatoms. The third-order valence-corrected chi connectivity index (χ3v) is 1.71. The highest BCUT2D eigenvalue weighted by atomic mass is 32.1. The van der Waals surface area contributed by atoms with E-state index >= 15 is 0 Å². The van der Waals surface area contributed by atoms with Gasteiger partial charge in [-0.2, -0.15) is 0 Å². The van der Waals surface area contributed by atoms with Crippen molar-refractivity contribution in [1.29, 1.82) is 0 Å². The molecule has 0 N–H and O–H groups in total. The zero-order chi connectivity index (χ0) is 5.82. The molecule has 0 nitrogen and oxygen atoms in total. The third-order valence-electron chi connectivity index (χ3n) is 0.874. The molecule has 0 saturated carbocycles. The molecule has 0 saturated heterocycles. The summed E-state index contributed by atoms with van der Waals surface area (Å²) in [5, 5.41) is 2.08. The second-order valence-electron chi connectivity index (χ2n) is 1.52. The van der Waals surface area contributed by atoms with Crippen molar-refractivity contribution < 1.29 is 0 Å². The first kappa shape index (κ1) is 5.57. The molecular weight excluding hydrogens is 116 g/mol. The molecular formula is C7H8S. The van der Waals surface area contributed by atoms with Gasteiger partial charge in [0.05, 0.1) is 0 Å². The van der Waals surface area contributed by atoms with Gasteiger partial charge in [0, 0.05) is 4.88 Å². The van der Waals surface area contributed by atoms with E-state index in [1.54, 1.807) is 11.3 Å². The highest BCUT2D eigenvalue weighted by Crippen LogP contribution is 2.09. The first-order chi connectivity index (χ1) is 3.93. The van der Waals surface area contributed by atoms with Crippen LogP contribution in [0.4, 0.5) is 0 Å². The molecule has 0 bridgehead atoms. The topological polar surface area (TPSA) is 0 Å². The minimum Gasteiger partial charge on any atom is -0.144 e. The maximum atomic E-state index is 2.10. The summed E-state index contributed by atoms with van der Waals surface area (Å²) in [7, 11) is 0. The molecule has 0 aliphatic heterocycles. The lowest BCUT2D eigenvalue weighted by Gasteiger charge is -1.75. The van der Waals surface area contributed by atoms with Crippen molar-refractivity contribution in [2.75, 3.05) is 0 Å². The maximum absolute atomic E-state index is 2.10. The van der Waals surface area contributed by atoms with E-state index in [-0.39, 0.29) is 0 Å². The second kappa shape index (κ2) is 2.68. The lowest BCUT2D eigenvalue weighted by atomic mass is 10.4. The first-order valence-corrected chi connectivity index (χ1v) is 3.47. The van der Waals surface area contributed by atoms with Gasteiger partial charge in [-0.3, -0.25) is 0 Å². The molecule has 1 heterocycles. The highest BCUT2D eigenvalue weighted by Gasteiger charge is 1.80. The van der Waals surface area contributed by atoms with E-state index < -0.39 is 0 Å². The van der Waals surface area contributed by atoms with Crippen molar-refractivity contribution in [3.8, 4) is 0 Å². The average Bonchev–Trinajstić information content (AvgIpc) is 2.19. The molecule has 0 fully saturated rings. The molecule has 0 radical (unpaired) electrons. The van der Waals surface area contributed by atoms with Crippen LogP contribution in [0.3, 0.4) is 0 Å². The smallest absolute Gasteiger partial charge is 0.0266 e. The van der Waals surface area contributed by atoms with Crippen LogP contribution < -0.4 is 0 Å². The Balaban J connectivity index is 2.77. The quantitative estimate of drug-likeness (QED) is 0.540. The van der Waals surface area contributed by atoms with Crippen molar-refractivity contribution in [1.82, 2.24) is 0 Å². The molecule has 8 heavy (non-hydrogen) atoms. The van der Waals surface area contributed by atoms with Crippen LogP contribution in [0, 0.1) is 0 Å². The van der Waals surface area contributed by atoms with Crippen LogP contribution in [0.1, 0.15) is 11.8 Å². The van der Waals surface area contributed by atoms with Crippen molar-refractivity contribution in [3.05, 3.63) is 28.5 Å². The normalized spacial score (nSPS) is 10.6. The van der Waals surface area contributed by atoms with Crippen molar-refractivity contribution in [3.63, 3.8) is 0 Å². The lowest BCUT2D eigenvalue weighted by Crippen LogP contribution is -1.50. The predicted molar refractivity (Wildman–Crippen MR) is 39.0 cm³/mol. The molecule has 1 aromatic heterocycles. The maximum Gasteiger partial charge on any atom is 0.0266 e. The SMILES string of the molecule is CC=Cc1cccs1. The van der Waals surface area contributed by atoms with Crippen molar-refractivity contribution in [2.24, 2.45) is 0 Å². The van der Waals surface area contributed by atoms with Gasteiger partial charge in [0.2, 0.25) is 0 Å². The zero-order valence-electron chi connectivity index (χ0n) is 4.79. The Hall–Kier alpha value is -0.560. The number of allylic oxidation sites excluding steroid dienone is 1. The largest absolute Gasteiger partial charge is 0.144 e. The Bertz CT molecular complexity index is 161. The molecule has 0 amide bonds. The number of hydrogen-bond donors (Lipinski definition) is 0. The standard InChI is InChI=1S/C7H8S/c1-2-4-7-5-3-6-8-7/h2-6H,1H3. The van der Waals surface area contributed by atoms with E-state index in [1.165, 1.54) is 4.88 Å². The van der Waals surface area contributed by atoms with Crippen LogP contribution in [0.15, 0.2) is 23.6 Å². The molecule has 0 atom stereocenters. The monoisotopic (exact) mass is 124 g/mol. The van der Waals surface area contributed by atoms with E-state index in [2.05, 4.69) is 23.6 Å². The van der Waals surface area contributed by atoms with Gasteiger partial charge in [0.1, 0.15) is 0 Å². The van der Waals surface area contributed by atoms with Gasteiger partial charge in [-0.05, 0) is 24.4 Å². The van der Waals surface area contributed by atoms with E-state index in [0.29, 0.717) is 0 Å². The minimum absolute atomic E-state index is 1.33. The summed E-state index contributed by atoms with van der Waals surface area (Å²) in [5.74, 6) is 0. The van der Waals surface area contributed by atoms with Crippen LogP contribution in [0.5, 0.6) is 0 Å². The fraction of sp³-hybridized carbons (Fsp3) is 0.143. The summed E-state index contributed by atoms with van der Waals surface area (Å²) in [6.45, 7) is 2.03. The molecule has 0 aliphatic rings. The number of rotatable bonds is 1. The Morgan fingerprint density at radius 3 is 3.00 bits per heavy atom. The minimum atomic E-state index is 1.33. The summed E-state index contributed by atoms with van der Waals surface area (Å²) in [6, 6.07) is 4.16. The molecule has 0 aromatic carbocycles. The first-order valence-electron chi connectivity index (χ1n) is 2.59. The fourth-order valence-electron chi connectivity index (χ4n) is 0.550. The summed E-state index contributed by atoms with van der Waals surface area (Å²) in [5.41, 5.74) is 0.